The molecule has 3 unspecified atom stereocenters. The van der Waals surface area contributed by atoms with Gasteiger partial charge >= 0.3 is 84.3 Å². The van der Waals surface area contributed by atoms with Gasteiger partial charge in [0.15, 0.2) is 0 Å². The second-order valence-corrected chi connectivity index (χ2v) is 5.27. The first kappa shape index (κ1) is 9.39. The molecule has 1 N–H and O–H groups in total. The summed E-state index contributed by atoms with van der Waals surface area (Å²) in [7, 11) is 0. The zero-order chi connectivity index (χ0) is 8.43. The Hall–Kier alpha value is 0.297. The number of aliphatic hydroxyl groups is 1. The first-order valence-corrected chi connectivity index (χ1v) is 5.86. The fraction of sp³-hybridized carbons (Fsp3) is 0.250. The van der Waals surface area contributed by atoms with Gasteiger partial charge in [0.25, 0.3) is 0 Å². The molecule has 60 valence electrons. The molecular weight excluding hydrogens is 262 g/mol. The SMILES string of the molecule is CC(O)c1cc([AsH2])ccc1[AsH2]. The summed E-state index contributed by atoms with van der Waals surface area (Å²) in [5.74, 6) is 0. The zero-order valence-corrected chi connectivity index (χ0v) is 11.3. The van der Waals surface area contributed by atoms with Crippen LogP contribution in [0.5, 0.6) is 0 Å². The van der Waals surface area contributed by atoms with Gasteiger partial charge in [-0.25, -0.2) is 0 Å². The zero-order valence-electron chi connectivity index (χ0n) is 6.41. The van der Waals surface area contributed by atoms with E-state index >= 15 is 0 Å². The van der Waals surface area contributed by atoms with Gasteiger partial charge in [-0.1, -0.05) is 0 Å². The molecule has 0 heterocycles. The summed E-state index contributed by atoms with van der Waals surface area (Å²) < 4.78 is 2.50. The Labute approximate surface area is 84.2 Å². The van der Waals surface area contributed by atoms with Crippen LogP contribution in [0.25, 0.3) is 0 Å². The van der Waals surface area contributed by atoms with Crippen molar-refractivity contribution in [2.45, 2.75) is 13.0 Å². The summed E-state index contributed by atoms with van der Waals surface area (Å²) in [6.07, 6.45) is -0.326. The summed E-state index contributed by atoms with van der Waals surface area (Å²) >= 11 is 3.17. The average Bonchev–Trinajstić information content (AvgIpc) is 1.94. The van der Waals surface area contributed by atoms with Crippen LogP contribution in [0.15, 0.2) is 18.2 Å². The van der Waals surface area contributed by atoms with Crippen molar-refractivity contribution >= 4 is 42.4 Å². The molecule has 3 atom stereocenters. The molecule has 3 heteroatoms. The summed E-state index contributed by atoms with van der Waals surface area (Å²) in [5, 5.41) is 9.35. The van der Waals surface area contributed by atoms with Crippen LogP contribution < -0.4 is 8.70 Å². The first-order chi connectivity index (χ1) is 5.11. The number of rotatable bonds is 1. The number of hydrogen-bond donors (Lipinski definition) is 1. The van der Waals surface area contributed by atoms with Gasteiger partial charge in [0.2, 0.25) is 0 Å². The molecule has 0 bridgehead atoms. The minimum absolute atomic E-state index is 0.326. The van der Waals surface area contributed by atoms with E-state index < -0.39 is 0 Å². The molecule has 0 aliphatic heterocycles. The van der Waals surface area contributed by atoms with E-state index in [0.717, 1.165) is 5.56 Å². The van der Waals surface area contributed by atoms with Crippen LogP contribution >= 0.6 is 0 Å². The second-order valence-electron chi connectivity index (χ2n) is 2.56. The van der Waals surface area contributed by atoms with Gasteiger partial charge in [0.05, 0.1) is 0 Å². The fourth-order valence-electron chi connectivity index (χ4n) is 0.955. The van der Waals surface area contributed by atoms with Crippen molar-refractivity contribution < 1.29 is 5.11 Å². The molecule has 0 aliphatic carbocycles. The van der Waals surface area contributed by atoms with Crippen molar-refractivity contribution in [3.8, 4) is 0 Å². The van der Waals surface area contributed by atoms with Crippen LogP contribution in [0, 0.1) is 0 Å². The summed E-state index contributed by atoms with van der Waals surface area (Å²) in [4.78, 5) is 0. The third-order valence-electron chi connectivity index (χ3n) is 1.56. The maximum absolute atomic E-state index is 9.35. The van der Waals surface area contributed by atoms with Gasteiger partial charge in [-0.3, -0.25) is 0 Å². The predicted octanol–water partition coefficient (Wildman–Crippen LogP) is -1.74. The molecule has 1 nitrogen and oxygen atoms in total. The van der Waals surface area contributed by atoms with Crippen molar-refractivity contribution in [1.29, 1.82) is 0 Å². The summed E-state index contributed by atoms with van der Waals surface area (Å²) in [6, 6.07) is 6.25. The third-order valence-corrected chi connectivity index (χ3v) is 3.42. The quantitative estimate of drug-likeness (QED) is 0.603. The van der Waals surface area contributed by atoms with Crippen molar-refractivity contribution in [2.24, 2.45) is 0 Å². The van der Waals surface area contributed by atoms with Gasteiger partial charge in [-0.05, 0) is 0 Å². The summed E-state index contributed by atoms with van der Waals surface area (Å²) in [5.41, 5.74) is 1.08. The van der Waals surface area contributed by atoms with Crippen molar-refractivity contribution in [2.75, 3.05) is 0 Å². The summed E-state index contributed by atoms with van der Waals surface area (Å²) in [6.45, 7) is 1.81. The minimum atomic E-state index is -0.326. The molecule has 0 spiro atoms. The molecule has 1 aromatic rings. The molecule has 11 heavy (non-hydrogen) atoms. The van der Waals surface area contributed by atoms with Crippen molar-refractivity contribution in [3.63, 3.8) is 0 Å². The maximum atomic E-state index is 9.35. The fourth-order valence-corrected chi connectivity index (χ4v) is 2.42. The molecule has 1 aromatic carbocycles. The van der Waals surface area contributed by atoms with E-state index in [9.17, 15) is 5.11 Å². The Kier molecular flexibility index (Phi) is 3.25. The van der Waals surface area contributed by atoms with Gasteiger partial charge in [-0.15, -0.1) is 0 Å². The normalized spacial score (nSPS) is 13.1. The molecule has 0 saturated heterocycles. The van der Waals surface area contributed by atoms with Crippen molar-refractivity contribution in [3.05, 3.63) is 23.8 Å². The van der Waals surface area contributed by atoms with E-state index in [1.165, 1.54) is 8.70 Å². The van der Waals surface area contributed by atoms with Crippen molar-refractivity contribution in [1.82, 2.24) is 0 Å². The molecular formula is C8H12As2O. The van der Waals surface area contributed by atoms with Crippen LogP contribution in [0.3, 0.4) is 0 Å². The Morgan fingerprint density at radius 2 is 2.00 bits per heavy atom. The predicted molar refractivity (Wildman–Crippen MR) is 53.4 cm³/mol. The van der Waals surface area contributed by atoms with E-state index in [1.54, 1.807) is 33.7 Å². The number of hydrogen-bond acceptors (Lipinski definition) is 1. The molecule has 0 aromatic heterocycles. The monoisotopic (exact) mass is 274 g/mol. The first-order valence-electron chi connectivity index (χ1n) is 3.44. The Bertz CT molecular complexity index is 258. The standard InChI is InChI=1S/C8H12As2O/c1-5(11)7-4-6(9)2-3-8(7)10/h2-5,11H,9-10H2,1H3. The molecule has 0 fully saturated rings. The molecule has 0 saturated carbocycles. The molecule has 0 radical (unpaired) electrons. The average molecular weight is 274 g/mol. The van der Waals surface area contributed by atoms with E-state index in [2.05, 4.69) is 18.2 Å². The Balaban J connectivity index is 3.13. The third kappa shape index (κ3) is 2.37. The number of benzene rings is 1. The van der Waals surface area contributed by atoms with Crippen LogP contribution in [0.2, 0.25) is 0 Å². The Morgan fingerprint density at radius 1 is 1.36 bits per heavy atom. The van der Waals surface area contributed by atoms with Crippen LogP contribution in [-0.2, 0) is 0 Å². The van der Waals surface area contributed by atoms with Gasteiger partial charge < -0.3 is 0 Å². The molecule has 1 rings (SSSR count). The van der Waals surface area contributed by atoms with Crippen LogP contribution in [0.4, 0.5) is 0 Å². The second kappa shape index (κ2) is 3.80. The Morgan fingerprint density at radius 3 is 2.45 bits per heavy atom. The number of aliphatic hydroxyl groups excluding tert-OH is 1. The van der Waals surface area contributed by atoms with Crippen LogP contribution in [-0.4, -0.2) is 38.8 Å². The van der Waals surface area contributed by atoms with E-state index in [1.807, 2.05) is 6.92 Å². The van der Waals surface area contributed by atoms with Gasteiger partial charge in [-0.2, -0.15) is 0 Å². The van der Waals surface area contributed by atoms with E-state index in [0.29, 0.717) is 0 Å². The van der Waals surface area contributed by atoms with E-state index in [4.69, 9.17) is 0 Å². The van der Waals surface area contributed by atoms with Crippen LogP contribution in [0.1, 0.15) is 18.6 Å². The van der Waals surface area contributed by atoms with Gasteiger partial charge in [0, 0.05) is 0 Å². The molecule has 0 amide bonds. The van der Waals surface area contributed by atoms with Gasteiger partial charge in [0.1, 0.15) is 0 Å². The van der Waals surface area contributed by atoms with E-state index in [-0.39, 0.29) is 6.10 Å². The molecule has 0 aliphatic rings. The topological polar surface area (TPSA) is 20.2 Å².